The lowest BCUT2D eigenvalue weighted by atomic mass is 10.2. The van der Waals surface area contributed by atoms with Crippen molar-refractivity contribution in [2.75, 3.05) is 13.1 Å². The van der Waals surface area contributed by atoms with E-state index in [1.807, 2.05) is 0 Å². The second-order valence-corrected chi connectivity index (χ2v) is 6.00. The van der Waals surface area contributed by atoms with Gasteiger partial charge >= 0.3 is 6.09 Å². The Labute approximate surface area is 147 Å². The molecule has 3 amide bonds. The molecule has 1 unspecified atom stereocenters. The van der Waals surface area contributed by atoms with E-state index in [9.17, 15) is 23.9 Å². The standard InChI is InChI=1S/C15H17ClFN3O5/c16-10-5-9(6-11(17)7-10)8-19-14(23)25-15(24)2-4-20(13(15)22)3-1-12(18)21/h5-7,24H,1-4,8H2,(H2,18,21)(H,19,23). The fourth-order valence-electron chi connectivity index (χ4n) is 2.37. The van der Waals surface area contributed by atoms with E-state index in [0.29, 0.717) is 5.56 Å². The second kappa shape index (κ2) is 7.66. The molecule has 1 saturated heterocycles. The third-order valence-corrected chi connectivity index (χ3v) is 3.81. The van der Waals surface area contributed by atoms with Crippen molar-refractivity contribution >= 4 is 29.5 Å². The molecule has 2 rings (SSSR count). The van der Waals surface area contributed by atoms with Crippen LogP contribution in [0.5, 0.6) is 0 Å². The van der Waals surface area contributed by atoms with Gasteiger partial charge < -0.3 is 25.8 Å². The summed E-state index contributed by atoms with van der Waals surface area (Å²) in [5, 5.41) is 12.6. The molecule has 10 heteroatoms. The number of nitrogens with two attached hydrogens (primary N) is 1. The first-order valence-electron chi connectivity index (χ1n) is 7.41. The zero-order valence-corrected chi connectivity index (χ0v) is 13.9. The Hall–Kier alpha value is -2.39. The van der Waals surface area contributed by atoms with Gasteiger partial charge in [-0.3, -0.25) is 9.59 Å². The Bertz CT molecular complexity index is 681. The summed E-state index contributed by atoms with van der Waals surface area (Å²) in [6.07, 6.45) is -1.24. The summed E-state index contributed by atoms with van der Waals surface area (Å²) in [5.74, 6) is -4.28. The van der Waals surface area contributed by atoms with Gasteiger partial charge in [-0.15, -0.1) is 0 Å². The molecule has 0 aromatic heterocycles. The molecule has 1 aliphatic rings. The Balaban J connectivity index is 1.89. The predicted octanol–water partition coefficient (Wildman–Crippen LogP) is 0.502. The van der Waals surface area contributed by atoms with Crippen molar-refractivity contribution in [1.29, 1.82) is 0 Å². The minimum atomic E-state index is -2.30. The highest BCUT2D eigenvalue weighted by Gasteiger charge is 2.48. The van der Waals surface area contributed by atoms with Crippen molar-refractivity contribution < 1.29 is 28.6 Å². The number of amides is 3. The molecule has 0 aliphatic carbocycles. The van der Waals surface area contributed by atoms with Crippen LogP contribution in [0.4, 0.5) is 9.18 Å². The van der Waals surface area contributed by atoms with Crippen LogP contribution >= 0.6 is 11.6 Å². The number of hydrogen-bond acceptors (Lipinski definition) is 5. The molecule has 1 aromatic rings. The Morgan fingerprint density at radius 3 is 2.80 bits per heavy atom. The average molecular weight is 374 g/mol. The number of carbonyl (C=O) groups is 3. The lowest BCUT2D eigenvalue weighted by Crippen LogP contribution is -2.46. The lowest BCUT2D eigenvalue weighted by molar-refractivity contribution is -0.182. The van der Waals surface area contributed by atoms with Gasteiger partial charge in [0.15, 0.2) is 0 Å². The summed E-state index contributed by atoms with van der Waals surface area (Å²) in [5.41, 5.74) is 5.39. The van der Waals surface area contributed by atoms with Crippen LogP contribution in [0.1, 0.15) is 18.4 Å². The van der Waals surface area contributed by atoms with Crippen molar-refractivity contribution in [2.45, 2.75) is 25.2 Å². The largest absolute Gasteiger partial charge is 0.410 e. The number of aliphatic hydroxyl groups is 1. The van der Waals surface area contributed by atoms with Gasteiger partial charge in [0.2, 0.25) is 5.91 Å². The van der Waals surface area contributed by atoms with Gasteiger partial charge in [-0.1, -0.05) is 11.6 Å². The van der Waals surface area contributed by atoms with E-state index in [1.165, 1.54) is 17.0 Å². The minimum Gasteiger partial charge on any atom is -0.407 e. The Morgan fingerprint density at radius 2 is 2.16 bits per heavy atom. The quantitative estimate of drug-likeness (QED) is 0.627. The molecule has 136 valence electrons. The fourth-order valence-corrected chi connectivity index (χ4v) is 2.62. The zero-order chi connectivity index (χ0) is 18.6. The van der Waals surface area contributed by atoms with E-state index >= 15 is 0 Å². The summed E-state index contributed by atoms with van der Waals surface area (Å²) >= 11 is 5.71. The highest BCUT2D eigenvalue weighted by atomic mass is 35.5. The van der Waals surface area contributed by atoms with Gasteiger partial charge in [0.05, 0.1) is 0 Å². The van der Waals surface area contributed by atoms with Crippen LogP contribution in [0.3, 0.4) is 0 Å². The van der Waals surface area contributed by atoms with E-state index in [4.69, 9.17) is 22.1 Å². The van der Waals surface area contributed by atoms with Gasteiger partial charge in [-0.05, 0) is 23.8 Å². The van der Waals surface area contributed by atoms with Crippen molar-refractivity contribution in [3.63, 3.8) is 0 Å². The maximum atomic E-state index is 13.2. The van der Waals surface area contributed by atoms with Crippen molar-refractivity contribution in [3.8, 4) is 0 Å². The van der Waals surface area contributed by atoms with Crippen LogP contribution in [-0.2, 0) is 20.9 Å². The molecule has 1 aliphatic heterocycles. The molecule has 0 spiro atoms. The van der Waals surface area contributed by atoms with E-state index in [1.54, 1.807) is 0 Å². The number of nitrogens with zero attached hydrogens (tertiary/aromatic N) is 1. The van der Waals surface area contributed by atoms with Gasteiger partial charge in [0.1, 0.15) is 5.82 Å². The van der Waals surface area contributed by atoms with Crippen molar-refractivity contribution in [3.05, 3.63) is 34.6 Å². The maximum Gasteiger partial charge on any atom is 0.410 e. The summed E-state index contributed by atoms with van der Waals surface area (Å²) in [7, 11) is 0. The number of hydrogen-bond donors (Lipinski definition) is 3. The number of halogens is 2. The van der Waals surface area contributed by atoms with Crippen LogP contribution in [0, 0.1) is 5.82 Å². The highest BCUT2D eigenvalue weighted by Crippen LogP contribution is 2.24. The molecule has 1 fully saturated rings. The molecule has 8 nitrogen and oxygen atoms in total. The number of benzene rings is 1. The molecule has 1 atom stereocenters. The number of rotatable bonds is 6. The molecule has 0 saturated carbocycles. The number of alkyl carbamates (subject to hydrolysis) is 1. The van der Waals surface area contributed by atoms with Crippen molar-refractivity contribution in [2.24, 2.45) is 5.73 Å². The monoisotopic (exact) mass is 373 g/mol. The smallest absolute Gasteiger partial charge is 0.407 e. The highest BCUT2D eigenvalue weighted by molar-refractivity contribution is 6.30. The topological polar surface area (TPSA) is 122 Å². The van der Waals surface area contributed by atoms with Gasteiger partial charge in [0, 0.05) is 37.5 Å². The molecule has 25 heavy (non-hydrogen) atoms. The number of primary amides is 1. The first kappa shape index (κ1) is 18.9. The third-order valence-electron chi connectivity index (χ3n) is 3.59. The zero-order valence-electron chi connectivity index (χ0n) is 13.1. The molecular formula is C15H17ClFN3O5. The first-order valence-corrected chi connectivity index (χ1v) is 7.79. The summed E-state index contributed by atoms with van der Waals surface area (Å²) in [6, 6.07) is 3.74. The summed E-state index contributed by atoms with van der Waals surface area (Å²) < 4.78 is 18.0. The summed E-state index contributed by atoms with van der Waals surface area (Å²) in [6.45, 7) is 0.0462. The number of nitrogens with one attached hydrogen (secondary N) is 1. The second-order valence-electron chi connectivity index (χ2n) is 5.56. The molecule has 0 radical (unpaired) electrons. The molecule has 1 aromatic carbocycles. The molecule has 0 bridgehead atoms. The molecule has 1 heterocycles. The number of likely N-dealkylation sites (tertiary alicyclic amines) is 1. The van der Waals surface area contributed by atoms with Crippen LogP contribution in [0.2, 0.25) is 5.02 Å². The van der Waals surface area contributed by atoms with E-state index in [2.05, 4.69) is 5.32 Å². The van der Waals surface area contributed by atoms with Crippen molar-refractivity contribution in [1.82, 2.24) is 10.2 Å². The third kappa shape index (κ3) is 5.04. The van der Waals surface area contributed by atoms with Crippen LogP contribution in [0.25, 0.3) is 0 Å². The number of carbonyl (C=O) groups excluding carboxylic acids is 3. The van der Waals surface area contributed by atoms with Gasteiger partial charge in [-0.25, -0.2) is 9.18 Å². The Morgan fingerprint density at radius 1 is 1.44 bits per heavy atom. The fraction of sp³-hybridized carbons (Fsp3) is 0.400. The van der Waals surface area contributed by atoms with Crippen LogP contribution in [0.15, 0.2) is 18.2 Å². The Kier molecular flexibility index (Phi) is 5.81. The first-order chi connectivity index (χ1) is 11.7. The van der Waals surface area contributed by atoms with E-state index in [0.717, 1.165) is 6.07 Å². The molecule has 4 N–H and O–H groups in total. The molecular weight excluding hydrogens is 357 g/mol. The summed E-state index contributed by atoms with van der Waals surface area (Å²) in [4.78, 5) is 35.8. The predicted molar refractivity (Wildman–Crippen MR) is 84.7 cm³/mol. The van der Waals surface area contributed by atoms with Crippen LogP contribution in [-0.4, -0.2) is 46.8 Å². The van der Waals surface area contributed by atoms with E-state index < -0.39 is 29.5 Å². The lowest BCUT2D eigenvalue weighted by Gasteiger charge is -2.22. The van der Waals surface area contributed by atoms with Gasteiger partial charge in [0.25, 0.3) is 11.7 Å². The van der Waals surface area contributed by atoms with Gasteiger partial charge in [-0.2, -0.15) is 0 Å². The normalized spacial score (nSPS) is 19.8. The van der Waals surface area contributed by atoms with E-state index in [-0.39, 0.29) is 37.5 Å². The van der Waals surface area contributed by atoms with Crippen LogP contribution < -0.4 is 11.1 Å². The maximum absolute atomic E-state index is 13.2. The minimum absolute atomic E-state index is 0.0310. The SMILES string of the molecule is NC(=O)CCN1CCC(O)(OC(=O)NCc2cc(F)cc(Cl)c2)C1=O. The average Bonchev–Trinajstić information content (AvgIpc) is 2.78. The number of ether oxygens (including phenoxy) is 1.